The number of phenols is 1. The monoisotopic (exact) mass is 280 g/mol. The second-order valence-electron chi connectivity index (χ2n) is 4.30. The lowest BCUT2D eigenvalue weighted by Crippen LogP contribution is -2.32. The van der Waals surface area contributed by atoms with Crippen LogP contribution in [-0.4, -0.2) is 43.7 Å². The quantitative estimate of drug-likeness (QED) is 0.638. The number of carbonyl (C=O) groups is 2. The summed E-state index contributed by atoms with van der Waals surface area (Å²) in [4.78, 5) is 23.3. The minimum Gasteiger partial charge on any atom is -0.508 e. The number of rotatable bonds is 7. The fraction of sp³-hybridized carbons (Fsp3) is 0.429. The predicted molar refractivity (Wildman–Crippen MR) is 74.7 cm³/mol. The minimum absolute atomic E-state index is 0.0787. The van der Waals surface area contributed by atoms with Crippen LogP contribution in [0.25, 0.3) is 0 Å². The molecule has 1 aromatic rings. The molecule has 1 rings (SSSR count). The molecule has 0 spiro atoms. The van der Waals surface area contributed by atoms with Crippen molar-refractivity contribution in [2.75, 3.05) is 26.8 Å². The van der Waals surface area contributed by atoms with E-state index < -0.39 is 0 Å². The van der Waals surface area contributed by atoms with Crippen LogP contribution in [0.4, 0.5) is 0 Å². The molecule has 1 aromatic carbocycles. The summed E-state index contributed by atoms with van der Waals surface area (Å²) in [5.74, 6) is -0.368. The fourth-order valence-electron chi connectivity index (χ4n) is 1.64. The van der Waals surface area contributed by atoms with Gasteiger partial charge in [-0.3, -0.25) is 9.59 Å². The summed E-state index contributed by atoms with van der Waals surface area (Å²) >= 11 is 0. The Hall–Kier alpha value is -2.08. The van der Waals surface area contributed by atoms with Gasteiger partial charge in [-0.2, -0.15) is 0 Å². The molecular formula is C14H20N2O4. The van der Waals surface area contributed by atoms with E-state index in [9.17, 15) is 14.7 Å². The molecule has 0 aliphatic rings. The number of amides is 2. The number of hydrogen-bond acceptors (Lipinski definition) is 4. The normalized spacial score (nSPS) is 10.1. The molecular weight excluding hydrogens is 260 g/mol. The lowest BCUT2D eigenvalue weighted by molar-refractivity contribution is -0.121. The van der Waals surface area contributed by atoms with E-state index in [1.807, 2.05) is 0 Å². The Bertz CT molecular complexity index is 474. The van der Waals surface area contributed by atoms with Gasteiger partial charge in [-0.25, -0.2) is 0 Å². The molecule has 0 unspecified atom stereocenters. The highest BCUT2D eigenvalue weighted by molar-refractivity contribution is 5.96. The Morgan fingerprint density at radius 1 is 1.25 bits per heavy atom. The van der Waals surface area contributed by atoms with Gasteiger partial charge in [0.05, 0.1) is 6.61 Å². The zero-order valence-electron chi connectivity index (χ0n) is 11.7. The van der Waals surface area contributed by atoms with Crippen molar-refractivity contribution in [2.45, 2.75) is 13.3 Å². The number of phenolic OH excluding ortho intramolecular Hbond substituents is 1. The van der Waals surface area contributed by atoms with E-state index in [0.717, 1.165) is 0 Å². The van der Waals surface area contributed by atoms with Crippen molar-refractivity contribution in [3.05, 3.63) is 29.3 Å². The molecule has 0 aliphatic carbocycles. The van der Waals surface area contributed by atoms with Crippen LogP contribution in [0, 0.1) is 6.92 Å². The molecule has 0 heterocycles. The van der Waals surface area contributed by atoms with Gasteiger partial charge >= 0.3 is 0 Å². The summed E-state index contributed by atoms with van der Waals surface area (Å²) in [7, 11) is 1.56. The number of aromatic hydroxyl groups is 1. The van der Waals surface area contributed by atoms with Gasteiger partial charge in [0.15, 0.2) is 0 Å². The largest absolute Gasteiger partial charge is 0.508 e. The number of methoxy groups -OCH3 is 1. The molecule has 3 N–H and O–H groups in total. The number of nitrogens with one attached hydrogen (secondary N) is 2. The van der Waals surface area contributed by atoms with Crippen molar-refractivity contribution < 1.29 is 19.4 Å². The zero-order valence-corrected chi connectivity index (χ0v) is 11.7. The highest BCUT2D eigenvalue weighted by atomic mass is 16.5. The van der Waals surface area contributed by atoms with Gasteiger partial charge in [-0.1, -0.05) is 6.07 Å². The van der Waals surface area contributed by atoms with Gasteiger partial charge < -0.3 is 20.5 Å². The van der Waals surface area contributed by atoms with Crippen molar-refractivity contribution >= 4 is 11.8 Å². The van der Waals surface area contributed by atoms with Crippen LogP contribution in [0.15, 0.2) is 18.2 Å². The van der Waals surface area contributed by atoms with E-state index in [-0.39, 0.29) is 30.5 Å². The number of benzene rings is 1. The third-order valence-electron chi connectivity index (χ3n) is 2.82. The van der Waals surface area contributed by atoms with E-state index in [1.54, 1.807) is 26.2 Å². The standard InChI is InChI=1S/C14H20N2O4/c1-10-11(4-3-5-12(10)17)14(19)16-7-6-13(18)15-8-9-20-2/h3-5,17H,6-9H2,1-2H3,(H,15,18)(H,16,19). The first-order valence-electron chi connectivity index (χ1n) is 6.38. The van der Waals surface area contributed by atoms with Crippen molar-refractivity contribution in [1.29, 1.82) is 0 Å². The van der Waals surface area contributed by atoms with Crippen LogP contribution >= 0.6 is 0 Å². The van der Waals surface area contributed by atoms with Crippen LogP contribution in [-0.2, 0) is 9.53 Å². The lowest BCUT2D eigenvalue weighted by Gasteiger charge is -2.09. The molecule has 0 radical (unpaired) electrons. The number of hydrogen-bond donors (Lipinski definition) is 3. The first-order valence-corrected chi connectivity index (χ1v) is 6.38. The Balaban J connectivity index is 2.37. The minimum atomic E-state index is -0.303. The summed E-state index contributed by atoms with van der Waals surface area (Å²) < 4.78 is 4.81. The molecule has 110 valence electrons. The topological polar surface area (TPSA) is 87.7 Å². The summed E-state index contributed by atoms with van der Waals surface area (Å²) in [6, 6.07) is 4.76. The maximum atomic E-state index is 11.9. The van der Waals surface area contributed by atoms with Crippen LogP contribution in [0.3, 0.4) is 0 Å². The average Bonchev–Trinajstić information content (AvgIpc) is 2.42. The fourth-order valence-corrected chi connectivity index (χ4v) is 1.64. The van der Waals surface area contributed by atoms with Crippen LogP contribution in [0.5, 0.6) is 5.75 Å². The lowest BCUT2D eigenvalue weighted by atomic mass is 10.1. The predicted octanol–water partition coefficient (Wildman–Crippen LogP) is 0.583. The van der Waals surface area contributed by atoms with Gasteiger partial charge in [-0.05, 0) is 19.1 Å². The molecule has 6 nitrogen and oxygen atoms in total. The average molecular weight is 280 g/mol. The summed E-state index contributed by atoms with van der Waals surface area (Å²) in [6.45, 7) is 2.82. The van der Waals surface area contributed by atoms with Gasteiger partial charge in [0, 0.05) is 37.7 Å². The zero-order chi connectivity index (χ0) is 15.0. The number of carbonyl (C=O) groups excluding carboxylic acids is 2. The Morgan fingerprint density at radius 2 is 2.00 bits per heavy atom. The second-order valence-corrected chi connectivity index (χ2v) is 4.30. The van der Waals surface area contributed by atoms with E-state index >= 15 is 0 Å². The van der Waals surface area contributed by atoms with Crippen molar-refractivity contribution in [1.82, 2.24) is 10.6 Å². The molecule has 0 aromatic heterocycles. The van der Waals surface area contributed by atoms with Crippen molar-refractivity contribution in [3.63, 3.8) is 0 Å². The number of ether oxygens (including phenoxy) is 1. The van der Waals surface area contributed by atoms with Gasteiger partial charge in [0.25, 0.3) is 5.91 Å². The Labute approximate surface area is 118 Å². The van der Waals surface area contributed by atoms with Gasteiger partial charge in [-0.15, -0.1) is 0 Å². The molecule has 0 atom stereocenters. The third kappa shape index (κ3) is 4.89. The SMILES string of the molecule is COCCNC(=O)CCNC(=O)c1cccc(O)c1C. The highest BCUT2D eigenvalue weighted by Crippen LogP contribution is 2.19. The summed E-state index contributed by atoms with van der Waals surface area (Å²) in [5, 5.41) is 14.8. The van der Waals surface area contributed by atoms with E-state index in [1.165, 1.54) is 6.07 Å². The molecule has 0 fully saturated rings. The second kappa shape index (κ2) is 8.16. The maximum Gasteiger partial charge on any atom is 0.251 e. The highest BCUT2D eigenvalue weighted by Gasteiger charge is 2.11. The molecule has 2 amide bonds. The van der Waals surface area contributed by atoms with Crippen LogP contribution in [0.2, 0.25) is 0 Å². The first-order chi connectivity index (χ1) is 9.56. The first kappa shape index (κ1) is 16.0. The molecule has 0 saturated carbocycles. The molecule has 20 heavy (non-hydrogen) atoms. The Kier molecular flexibility index (Phi) is 6.52. The summed E-state index contributed by atoms with van der Waals surface area (Å²) in [5.41, 5.74) is 0.930. The van der Waals surface area contributed by atoms with Gasteiger partial charge in [0.2, 0.25) is 5.91 Å². The van der Waals surface area contributed by atoms with E-state index in [0.29, 0.717) is 24.3 Å². The van der Waals surface area contributed by atoms with Crippen molar-refractivity contribution in [3.8, 4) is 5.75 Å². The Morgan fingerprint density at radius 3 is 2.70 bits per heavy atom. The van der Waals surface area contributed by atoms with E-state index in [4.69, 9.17) is 4.74 Å². The van der Waals surface area contributed by atoms with E-state index in [2.05, 4.69) is 10.6 Å². The third-order valence-corrected chi connectivity index (χ3v) is 2.82. The van der Waals surface area contributed by atoms with Crippen molar-refractivity contribution in [2.24, 2.45) is 0 Å². The molecule has 0 aliphatic heterocycles. The van der Waals surface area contributed by atoms with Gasteiger partial charge in [0.1, 0.15) is 5.75 Å². The molecule has 0 bridgehead atoms. The smallest absolute Gasteiger partial charge is 0.251 e. The van der Waals surface area contributed by atoms with Crippen LogP contribution in [0.1, 0.15) is 22.3 Å². The summed E-state index contributed by atoms with van der Waals surface area (Å²) in [6.07, 6.45) is 0.202. The van der Waals surface area contributed by atoms with Crippen LogP contribution < -0.4 is 10.6 Å². The molecule has 6 heteroatoms. The molecule has 0 saturated heterocycles. The maximum absolute atomic E-state index is 11.9.